The molecule has 1 N–H and O–H groups in total. The van der Waals surface area contributed by atoms with Gasteiger partial charge in [0.1, 0.15) is 5.76 Å². The lowest BCUT2D eigenvalue weighted by molar-refractivity contribution is -0.143. The minimum Gasteiger partial charge on any atom is -0.451 e. The smallest absolute Gasteiger partial charge is 0.451 e. The number of hydrogen-bond acceptors (Lipinski definition) is 4. The summed E-state index contributed by atoms with van der Waals surface area (Å²) in [6, 6.07) is 0. The van der Waals surface area contributed by atoms with Crippen LogP contribution in [0.25, 0.3) is 0 Å². The van der Waals surface area contributed by atoms with Gasteiger partial charge in [0.25, 0.3) is 0 Å². The largest absolute Gasteiger partial charge is 0.511 e. The number of hydrogen-bond donors (Lipinski definition) is 1. The fourth-order valence-electron chi connectivity index (χ4n) is 0.522. The number of carboxylic acid groups (broad SMARTS) is 1. The van der Waals surface area contributed by atoms with Crippen molar-refractivity contribution in [2.45, 2.75) is 20.0 Å². The molecule has 0 spiro atoms. The molecule has 1 unspecified atom stereocenters. The summed E-state index contributed by atoms with van der Waals surface area (Å²) in [5.41, 5.74) is 0.222. The summed E-state index contributed by atoms with van der Waals surface area (Å²) in [4.78, 5) is 21.1. The van der Waals surface area contributed by atoms with Gasteiger partial charge in [0.15, 0.2) is 6.10 Å². The molecule has 14 heavy (non-hydrogen) atoms. The van der Waals surface area contributed by atoms with Gasteiger partial charge in [-0.05, 0) is 13.8 Å². The fourth-order valence-corrected chi connectivity index (χ4v) is 0.522. The molecule has 5 heteroatoms. The van der Waals surface area contributed by atoms with Crippen molar-refractivity contribution in [1.29, 1.82) is 0 Å². The van der Waals surface area contributed by atoms with E-state index in [-0.39, 0.29) is 11.3 Å². The van der Waals surface area contributed by atoms with Gasteiger partial charge in [-0.3, -0.25) is 0 Å². The van der Waals surface area contributed by atoms with Gasteiger partial charge in [0.05, 0.1) is 0 Å². The van der Waals surface area contributed by atoms with Crippen molar-refractivity contribution in [3.63, 3.8) is 0 Å². The maximum atomic E-state index is 11.0. The first kappa shape index (κ1) is 12.2. The van der Waals surface area contributed by atoms with E-state index < -0.39 is 18.2 Å². The third kappa shape index (κ3) is 4.30. The zero-order valence-corrected chi connectivity index (χ0v) is 8.07. The highest BCUT2D eigenvalue weighted by Gasteiger charge is 2.16. The van der Waals surface area contributed by atoms with Crippen LogP contribution >= 0.6 is 0 Å². The van der Waals surface area contributed by atoms with Crippen LogP contribution in [0.2, 0.25) is 0 Å². The molecule has 0 saturated heterocycles. The Bertz CT molecular complexity index is 279. The Morgan fingerprint density at radius 2 is 1.86 bits per heavy atom. The van der Waals surface area contributed by atoms with Crippen molar-refractivity contribution in [1.82, 2.24) is 0 Å². The van der Waals surface area contributed by atoms with Crippen LogP contribution in [0.4, 0.5) is 4.79 Å². The number of carbonyl (C=O) groups is 2. The first-order valence-electron chi connectivity index (χ1n) is 3.80. The van der Waals surface area contributed by atoms with Crippen molar-refractivity contribution < 1.29 is 24.2 Å². The maximum Gasteiger partial charge on any atom is 0.511 e. The van der Waals surface area contributed by atoms with Gasteiger partial charge in [-0.15, -0.1) is 0 Å². The van der Waals surface area contributed by atoms with Crippen LogP contribution in [0.15, 0.2) is 24.5 Å². The molecular weight excluding hydrogens is 188 g/mol. The molecule has 0 saturated carbocycles. The Morgan fingerprint density at radius 1 is 1.36 bits per heavy atom. The first-order valence-corrected chi connectivity index (χ1v) is 3.80. The predicted octanol–water partition coefficient (Wildman–Crippen LogP) is 1.70. The predicted molar refractivity (Wildman–Crippen MR) is 48.6 cm³/mol. The average molecular weight is 200 g/mol. The molecule has 0 aliphatic carbocycles. The minimum absolute atomic E-state index is 0.146. The summed E-state index contributed by atoms with van der Waals surface area (Å²) >= 11 is 0. The number of ether oxygens (including phenoxy) is 2. The van der Waals surface area contributed by atoms with Crippen LogP contribution in [0.3, 0.4) is 0 Å². The zero-order chi connectivity index (χ0) is 11.3. The number of rotatable bonds is 4. The highest BCUT2D eigenvalue weighted by Crippen LogP contribution is 2.08. The van der Waals surface area contributed by atoms with Crippen molar-refractivity contribution in [3.8, 4) is 0 Å². The summed E-state index contributed by atoms with van der Waals surface area (Å²) in [6.07, 6.45) is -2.32. The molecule has 0 heterocycles. The Morgan fingerprint density at radius 3 is 2.21 bits per heavy atom. The van der Waals surface area contributed by atoms with Crippen LogP contribution in [0, 0.1) is 0 Å². The van der Waals surface area contributed by atoms with Gasteiger partial charge in [-0.25, -0.2) is 9.59 Å². The Balaban J connectivity index is 4.14. The lowest BCUT2D eigenvalue weighted by Gasteiger charge is -2.13. The van der Waals surface area contributed by atoms with E-state index in [0.717, 1.165) is 0 Å². The van der Waals surface area contributed by atoms with E-state index in [2.05, 4.69) is 17.9 Å². The zero-order valence-electron chi connectivity index (χ0n) is 8.07. The van der Waals surface area contributed by atoms with Gasteiger partial charge < -0.3 is 14.6 Å². The molecule has 0 aliphatic rings. The van der Waals surface area contributed by atoms with E-state index in [9.17, 15) is 9.59 Å². The summed E-state index contributed by atoms with van der Waals surface area (Å²) < 4.78 is 8.96. The monoisotopic (exact) mass is 200 g/mol. The van der Waals surface area contributed by atoms with E-state index in [1.165, 1.54) is 13.8 Å². The SMILES string of the molecule is C=C(C)C(=O)OC(C)C(=C)OC(=O)O. The van der Waals surface area contributed by atoms with Crippen LogP contribution < -0.4 is 0 Å². The molecule has 78 valence electrons. The van der Waals surface area contributed by atoms with E-state index in [4.69, 9.17) is 9.84 Å². The molecule has 1 atom stereocenters. The summed E-state index contributed by atoms with van der Waals surface area (Å²) in [5.74, 6) is -0.764. The molecule has 5 nitrogen and oxygen atoms in total. The van der Waals surface area contributed by atoms with Crippen molar-refractivity contribution in [3.05, 3.63) is 24.5 Å². The quantitative estimate of drug-likeness (QED) is 0.424. The van der Waals surface area contributed by atoms with Crippen LogP contribution in [0.1, 0.15) is 13.8 Å². The highest BCUT2D eigenvalue weighted by molar-refractivity contribution is 5.87. The summed E-state index contributed by atoms with van der Waals surface area (Å²) in [7, 11) is 0. The van der Waals surface area contributed by atoms with Crippen LogP contribution in [-0.4, -0.2) is 23.3 Å². The maximum absolute atomic E-state index is 11.0. The minimum atomic E-state index is -1.49. The van der Waals surface area contributed by atoms with E-state index in [1.807, 2.05) is 0 Å². The molecule has 0 aromatic rings. The summed E-state index contributed by atoms with van der Waals surface area (Å²) in [5, 5.41) is 8.23. The molecule has 0 aromatic heterocycles. The lowest BCUT2D eigenvalue weighted by Crippen LogP contribution is -2.19. The van der Waals surface area contributed by atoms with Crippen LogP contribution in [0.5, 0.6) is 0 Å². The average Bonchev–Trinajstić information content (AvgIpc) is 2.02. The molecule has 0 fully saturated rings. The van der Waals surface area contributed by atoms with E-state index >= 15 is 0 Å². The molecule has 0 amide bonds. The Labute approximate surface area is 81.6 Å². The molecule has 0 aromatic carbocycles. The third-order valence-corrected chi connectivity index (χ3v) is 1.30. The second-order valence-corrected chi connectivity index (χ2v) is 2.66. The third-order valence-electron chi connectivity index (χ3n) is 1.30. The Kier molecular flexibility index (Phi) is 4.42. The van der Waals surface area contributed by atoms with Gasteiger partial charge in [0, 0.05) is 5.57 Å². The van der Waals surface area contributed by atoms with Gasteiger partial charge in [0.2, 0.25) is 0 Å². The topological polar surface area (TPSA) is 72.8 Å². The number of esters is 1. The molecule has 0 rings (SSSR count). The van der Waals surface area contributed by atoms with Crippen molar-refractivity contribution in [2.75, 3.05) is 0 Å². The highest BCUT2D eigenvalue weighted by atomic mass is 16.7. The van der Waals surface area contributed by atoms with Gasteiger partial charge in [-0.2, -0.15) is 0 Å². The molecule has 0 radical (unpaired) electrons. The van der Waals surface area contributed by atoms with Gasteiger partial charge in [-0.1, -0.05) is 13.2 Å². The second kappa shape index (κ2) is 5.06. The fraction of sp³-hybridized carbons (Fsp3) is 0.333. The second-order valence-electron chi connectivity index (χ2n) is 2.66. The summed E-state index contributed by atoms with van der Waals surface area (Å²) in [6.45, 7) is 9.60. The van der Waals surface area contributed by atoms with E-state index in [1.54, 1.807) is 0 Å². The molecular formula is C9H12O5. The van der Waals surface area contributed by atoms with Crippen molar-refractivity contribution in [2.24, 2.45) is 0 Å². The molecule has 0 bridgehead atoms. The first-order chi connectivity index (χ1) is 6.34. The normalized spacial score (nSPS) is 11.3. The Hall–Kier alpha value is -1.78. The lowest BCUT2D eigenvalue weighted by atomic mass is 10.3. The van der Waals surface area contributed by atoms with Crippen LogP contribution in [-0.2, 0) is 14.3 Å². The standard InChI is InChI=1S/C9H12O5/c1-5(2)8(10)13-6(3)7(4)14-9(11)12/h6H,1,4H2,2-3H3,(H,11,12). The molecule has 0 aliphatic heterocycles. The van der Waals surface area contributed by atoms with Crippen molar-refractivity contribution >= 4 is 12.1 Å². The van der Waals surface area contributed by atoms with E-state index in [0.29, 0.717) is 0 Å². The number of carbonyl (C=O) groups excluding carboxylic acids is 1. The van der Waals surface area contributed by atoms with Gasteiger partial charge >= 0.3 is 12.1 Å².